The maximum atomic E-state index is 12.7. The molecule has 5 heteroatoms. The van der Waals surface area contributed by atoms with Crippen LogP contribution < -0.4 is 5.32 Å². The van der Waals surface area contributed by atoms with Crippen LogP contribution in [0.5, 0.6) is 0 Å². The van der Waals surface area contributed by atoms with Gasteiger partial charge in [0.25, 0.3) is 5.91 Å². The number of amides is 1. The zero-order chi connectivity index (χ0) is 21.6. The van der Waals surface area contributed by atoms with Gasteiger partial charge in [0.2, 0.25) is 0 Å². The van der Waals surface area contributed by atoms with Gasteiger partial charge in [0.15, 0.2) is 0 Å². The van der Waals surface area contributed by atoms with Crippen molar-refractivity contribution in [1.29, 1.82) is 10.5 Å². The highest BCUT2D eigenvalue weighted by atomic mass is 16.1. The summed E-state index contributed by atoms with van der Waals surface area (Å²) in [5, 5.41) is 23.1. The van der Waals surface area contributed by atoms with Crippen LogP contribution in [-0.2, 0) is 11.3 Å². The smallest absolute Gasteiger partial charge is 0.262 e. The van der Waals surface area contributed by atoms with E-state index in [0.29, 0.717) is 12.1 Å². The van der Waals surface area contributed by atoms with Crippen molar-refractivity contribution in [3.8, 4) is 12.1 Å². The standard InChI is InChI=1S/C26H24N4O/c27-15-19-8-4-5-9-20(19)17-30-18-22(24-12-6-7-13-25(24)30)14-21(16-28)26(31)29-23-10-2-1-3-11-23/h4-9,12-14,18,23H,1-3,10-11,17H2,(H,29,31)/b21-14-. The maximum Gasteiger partial charge on any atom is 0.262 e. The molecule has 1 heterocycles. The molecule has 5 nitrogen and oxygen atoms in total. The molecule has 31 heavy (non-hydrogen) atoms. The Bertz CT molecular complexity index is 1220. The minimum atomic E-state index is -0.305. The van der Waals surface area contributed by atoms with Crippen LogP contribution in [0, 0.1) is 22.7 Å². The first-order valence-electron chi connectivity index (χ1n) is 10.7. The minimum absolute atomic E-state index is 0.117. The van der Waals surface area contributed by atoms with Crippen LogP contribution in [0.4, 0.5) is 0 Å². The van der Waals surface area contributed by atoms with Gasteiger partial charge in [-0.15, -0.1) is 0 Å². The summed E-state index contributed by atoms with van der Waals surface area (Å²) >= 11 is 0. The van der Waals surface area contributed by atoms with E-state index in [0.717, 1.165) is 47.7 Å². The molecule has 1 aromatic heterocycles. The van der Waals surface area contributed by atoms with Gasteiger partial charge in [-0.3, -0.25) is 4.79 Å². The van der Waals surface area contributed by atoms with E-state index in [1.54, 1.807) is 6.08 Å². The third-order valence-corrected chi connectivity index (χ3v) is 5.90. The predicted molar refractivity (Wildman–Crippen MR) is 121 cm³/mol. The molecule has 1 amide bonds. The average molecular weight is 409 g/mol. The van der Waals surface area contributed by atoms with Crippen molar-refractivity contribution in [3.63, 3.8) is 0 Å². The second kappa shape index (κ2) is 9.32. The fraction of sp³-hybridized carbons (Fsp3) is 0.269. The summed E-state index contributed by atoms with van der Waals surface area (Å²) in [7, 11) is 0. The van der Waals surface area contributed by atoms with E-state index in [1.807, 2.05) is 54.7 Å². The first-order valence-corrected chi connectivity index (χ1v) is 10.7. The summed E-state index contributed by atoms with van der Waals surface area (Å²) < 4.78 is 2.06. The molecular formula is C26H24N4O. The van der Waals surface area contributed by atoms with E-state index in [4.69, 9.17) is 0 Å². The van der Waals surface area contributed by atoms with Crippen molar-refractivity contribution >= 4 is 22.9 Å². The van der Waals surface area contributed by atoms with E-state index in [2.05, 4.69) is 22.0 Å². The Morgan fingerprint density at radius 1 is 1.06 bits per heavy atom. The number of fused-ring (bicyclic) bond motifs is 1. The lowest BCUT2D eigenvalue weighted by molar-refractivity contribution is -0.117. The number of carbonyl (C=O) groups is 1. The van der Waals surface area contributed by atoms with Crippen LogP contribution in [0.2, 0.25) is 0 Å². The first-order chi connectivity index (χ1) is 15.2. The molecule has 0 saturated heterocycles. The Morgan fingerprint density at radius 3 is 2.58 bits per heavy atom. The Labute approximate surface area is 182 Å². The summed E-state index contributed by atoms with van der Waals surface area (Å²) in [4.78, 5) is 12.7. The molecule has 1 fully saturated rings. The molecule has 0 aliphatic heterocycles. The third kappa shape index (κ3) is 4.52. The van der Waals surface area contributed by atoms with Crippen LogP contribution >= 0.6 is 0 Å². The zero-order valence-corrected chi connectivity index (χ0v) is 17.3. The molecule has 0 bridgehead atoms. The number of hydrogen-bond donors (Lipinski definition) is 1. The normalized spacial score (nSPS) is 14.7. The van der Waals surface area contributed by atoms with Gasteiger partial charge < -0.3 is 9.88 Å². The molecule has 2 aromatic carbocycles. The minimum Gasteiger partial charge on any atom is -0.349 e. The van der Waals surface area contributed by atoms with Crippen LogP contribution in [-0.4, -0.2) is 16.5 Å². The van der Waals surface area contributed by atoms with Crippen LogP contribution in [0.1, 0.15) is 48.8 Å². The number of nitrogens with one attached hydrogen (secondary N) is 1. The zero-order valence-electron chi connectivity index (χ0n) is 17.3. The quantitative estimate of drug-likeness (QED) is 0.481. The van der Waals surface area contributed by atoms with Crippen molar-refractivity contribution in [2.75, 3.05) is 0 Å². The van der Waals surface area contributed by atoms with Gasteiger partial charge in [-0.2, -0.15) is 10.5 Å². The number of rotatable bonds is 5. The van der Waals surface area contributed by atoms with E-state index < -0.39 is 0 Å². The third-order valence-electron chi connectivity index (χ3n) is 5.90. The number of carbonyl (C=O) groups excluding carboxylic acids is 1. The molecule has 1 aliphatic rings. The number of nitriles is 2. The van der Waals surface area contributed by atoms with E-state index in [-0.39, 0.29) is 17.5 Å². The van der Waals surface area contributed by atoms with Gasteiger partial charge >= 0.3 is 0 Å². The van der Waals surface area contributed by atoms with Gasteiger partial charge in [0, 0.05) is 35.2 Å². The predicted octanol–water partition coefficient (Wildman–Crippen LogP) is 4.92. The van der Waals surface area contributed by atoms with Crippen LogP contribution in [0.15, 0.2) is 60.3 Å². The van der Waals surface area contributed by atoms with E-state index in [1.165, 1.54) is 6.42 Å². The molecule has 4 rings (SSSR count). The van der Waals surface area contributed by atoms with Gasteiger partial charge in [-0.25, -0.2) is 0 Å². The molecule has 0 atom stereocenters. The lowest BCUT2D eigenvalue weighted by Gasteiger charge is -2.22. The Balaban J connectivity index is 1.66. The highest BCUT2D eigenvalue weighted by Crippen LogP contribution is 2.25. The lowest BCUT2D eigenvalue weighted by Crippen LogP contribution is -2.36. The van der Waals surface area contributed by atoms with Crippen molar-refractivity contribution in [2.45, 2.75) is 44.7 Å². The van der Waals surface area contributed by atoms with Crippen LogP contribution in [0.25, 0.3) is 17.0 Å². The average Bonchev–Trinajstić information content (AvgIpc) is 3.15. The second-order valence-electron chi connectivity index (χ2n) is 7.98. The molecule has 1 aliphatic carbocycles. The van der Waals surface area contributed by atoms with E-state index >= 15 is 0 Å². The SMILES string of the molecule is N#C/C(=C/c1cn(Cc2ccccc2C#N)c2ccccc12)C(=O)NC1CCCCC1. The van der Waals surface area contributed by atoms with E-state index in [9.17, 15) is 15.3 Å². The fourth-order valence-corrected chi connectivity index (χ4v) is 4.29. The lowest BCUT2D eigenvalue weighted by atomic mass is 9.95. The number of para-hydroxylation sites is 1. The van der Waals surface area contributed by atoms with Crippen molar-refractivity contribution in [1.82, 2.24) is 9.88 Å². The fourth-order valence-electron chi connectivity index (χ4n) is 4.29. The second-order valence-corrected chi connectivity index (χ2v) is 7.98. The summed E-state index contributed by atoms with van der Waals surface area (Å²) in [5.41, 5.74) is 3.50. The maximum absolute atomic E-state index is 12.7. The number of hydrogen-bond acceptors (Lipinski definition) is 3. The van der Waals surface area contributed by atoms with Crippen LogP contribution in [0.3, 0.4) is 0 Å². The topological polar surface area (TPSA) is 81.6 Å². The number of nitrogens with zero attached hydrogens (tertiary/aromatic N) is 3. The Hall–Kier alpha value is -3.83. The highest BCUT2D eigenvalue weighted by molar-refractivity contribution is 6.04. The number of aromatic nitrogens is 1. The van der Waals surface area contributed by atoms with Crippen molar-refractivity contribution < 1.29 is 4.79 Å². The highest BCUT2D eigenvalue weighted by Gasteiger charge is 2.19. The monoisotopic (exact) mass is 408 g/mol. The van der Waals surface area contributed by atoms with Gasteiger partial charge in [0.05, 0.1) is 11.6 Å². The summed E-state index contributed by atoms with van der Waals surface area (Å²) in [6, 6.07) is 19.9. The summed E-state index contributed by atoms with van der Waals surface area (Å²) in [6.07, 6.45) is 9.02. The largest absolute Gasteiger partial charge is 0.349 e. The molecule has 154 valence electrons. The van der Waals surface area contributed by atoms with Crippen molar-refractivity contribution in [3.05, 3.63) is 77.0 Å². The molecule has 1 N–H and O–H groups in total. The summed E-state index contributed by atoms with van der Waals surface area (Å²) in [6.45, 7) is 0.536. The summed E-state index contributed by atoms with van der Waals surface area (Å²) in [5.74, 6) is -0.305. The molecule has 0 spiro atoms. The Morgan fingerprint density at radius 2 is 1.81 bits per heavy atom. The molecule has 0 radical (unpaired) electrons. The molecule has 0 unspecified atom stereocenters. The Kier molecular flexibility index (Phi) is 6.15. The molecule has 3 aromatic rings. The first kappa shape index (κ1) is 20.4. The molecular weight excluding hydrogens is 384 g/mol. The molecule has 1 saturated carbocycles. The van der Waals surface area contributed by atoms with Gasteiger partial charge in [0.1, 0.15) is 11.6 Å². The van der Waals surface area contributed by atoms with Gasteiger partial charge in [-0.05, 0) is 36.6 Å². The van der Waals surface area contributed by atoms with Gasteiger partial charge in [-0.1, -0.05) is 55.7 Å². The number of benzene rings is 2. The van der Waals surface area contributed by atoms with Crippen molar-refractivity contribution in [2.24, 2.45) is 0 Å².